The van der Waals surface area contributed by atoms with Crippen LogP contribution in [0, 0.1) is 0 Å². The molecule has 6 heteroatoms. The largest absolute Gasteiger partial charge is 0.453 e. The van der Waals surface area contributed by atoms with E-state index in [0.29, 0.717) is 11.6 Å². The fraction of sp³-hybridized carbons (Fsp3) is 0. The highest BCUT2D eigenvalue weighted by Crippen LogP contribution is 2.35. The molecule has 4 heterocycles. The monoisotopic (exact) mass is 394 g/mol. The molecule has 0 radical (unpaired) electrons. The van der Waals surface area contributed by atoms with Crippen LogP contribution in [0.15, 0.2) is 83.5 Å². The van der Waals surface area contributed by atoms with Gasteiger partial charge in [-0.25, -0.2) is 9.97 Å². The van der Waals surface area contributed by atoms with Crippen molar-refractivity contribution in [3.63, 3.8) is 0 Å². The van der Waals surface area contributed by atoms with Gasteiger partial charge in [-0.05, 0) is 30.3 Å². The molecule has 0 amide bonds. The zero-order valence-electron chi connectivity index (χ0n) is 15.2. The molecule has 0 aliphatic heterocycles. The van der Waals surface area contributed by atoms with E-state index < -0.39 is 0 Å². The van der Waals surface area contributed by atoms with Gasteiger partial charge in [-0.3, -0.25) is 4.98 Å². The van der Waals surface area contributed by atoms with Crippen molar-refractivity contribution < 1.29 is 4.42 Å². The van der Waals surface area contributed by atoms with Crippen LogP contribution < -0.4 is 0 Å². The molecule has 0 aliphatic rings. The summed E-state index contributed by atoms with van der Waals surface area (Å²) in [4.78, 5) is 17.1. The maximum atomic E-state index is 6.06. The van der Waals surface area contributed by atoms with Gasteiger partial charge in [-0.15, -0.1) is 11.3 Å². The maximum Gasteiger partial charge on any atom is 0.174 e. The molecule has 1 N–H and O–H groups in total. The Kier molecular flexibility index (Phi) is 3.57. The number of nitrogens with one attached hydrogen (secondary N) is 1. The Morgan fingerprint density at radius 1 is 0.793 bits per heavy atom. The molecule has 0 aliphatic carbocycles. The molecule has 4 aromatic heterocycles. The number of furan rings is 1. The van der Waals surface area contributed by atoms with Crippen LogP contribution in [0.25, 0.3) is 54.7 Å². The molecule has 0 fully saturated rings. The van der Waals surface area contributed by atoms with Crippen LogP contribution in [0.3, 0.4) is 0 Å². The number of fused-ring (bicyclic) bond motifs is 2. The zero-order chi connectivity index (χ0) is 19.2. The van der Waals surface area contributed by atoms with Gasteiger partial charge in [0.25, 0.3) is 0 Å². The van der Waals surface area contributed by atoms with Crippen LogP contribution in [-0.2, 0) is 0 Å². The Hall–Kier alpha value is -3.77. The van der Waals surface area contributed by atoms with Gasteiger partial charge in [0.2, 0.25) is 0 Å². The van der Waals surface area contributed by atoms with Gasteiger partial charge in [0.05, 0.1) is 21.3 Å². The highest BCUT2D eigenvalue weighted by atomic mass is 32.1. The third-order valence-electron chi connectivity index (χ3n) is 4.84. The number of hydrogen-bond donors (Lipinski definition) is 1. The molecule has 6 aromatic rings. The van der Waals surface area contributed by atoms with Crippen molar-refractivity contribution in [2.45, 2.75) is 0 Å². The van der Waals surface area contributed by atoms with Gasteiger partial charge in [-0.1, -0.05) is 36.4 Å². The molecular formula is C23H14N4OS. The minimum Gasteiger partial charge on any atom is -0.453 e. The van der Waals surface area contributed by atoms with E-state index in [-0.39, 0.29) is 0 Å². The molecule has 5 nitrogen and oxygen atoms in total. The topological polar surface area (TPSA) is 67.6 Å². The Balaban J connectivity index is 1.46. The molecule has 2 aromatic carbocycles. The average Bonchev–Trinajstić information content (AvgIpc) is 3.51. The summed E-state index contributed by atoms with van der Waals surface area (Å²) in [6.07, 6.45) is 3.62. The SMILES string of the molecule is c1ccc(-c2ccc(-c3nc4cccc(-c5nc6ccncc6s5)c4[nH]3)o2)cc1. The van der Waals surface area contributed by atoms with Crippen LogP contribution in [0.4, 0.5) is 0 Å². The van der Waals surface area contributed by atoms with E-state index in [0.717, 1.165) is 43.1 Å². The maximum absolute atomic E-state index is 6.06. The van der Waals surface area contributed by atoms with Crippen molar-refractivity contribution >= 4 is 32.6 Å². The van der Waals surface area contributed by atoms with Crippen molar-refractivity contribution in [2.24, 2.45) is 0 Å². The van der Waals surface area contributed by atoms with Crippen LogP contribution in [-0.4, -0.2) is 19.9 Å². The molecule has 0 unspecified atom stereocenters. The molecule has 138 valence electrons. The van der Waals surface area contributed by atoms with E-state index in [2.05, 4.69) is 16.0 Å². The summed E-state index contributed by atoms with van der Waals surface area (Å²) in [5, 5.41) is 0.943. The molecule has 0 saturated carbocycles. The summed E-state index contributed by atoms with van der Waals surface area (Å²) >= 11 is 1.63. The normalized spacial score (nSPS) is 11.4. The predicted molar refractivity (Wildman–Crippen MR) is 116 cm³/mol. The number of pyridine rings is 1. The average molecular weight is 394 g/mol. The number of hydrogen-bond acceptors (Lipinski definition) is 5. The standard InChI is InChI=1S/C23H14N4OS/c1-2-5-14(6-3-1)18-9-10-19(28-18)22-25-17-8-4-7-15(21(17)27-22)23-26-16-11-12-24-13-20(16)29-23/h1-13H,(H,25,27). The van der Waals surface area contributed by atoms with Crippen molar-refractivity contribution in [1.29, 1.82) is 0 Å². The molecular weight excluding hydrogens is 380 g/mol. The van der Waals surface area contributed by atoms with Crippen molar-refractivity contribution in [3.05, 3.63) is 79.1 Å². The lowest BCUT2D eigenvalue weighted by Gasteiger charge is -1.97. The van der Waals surface area contributed by atoms with Gasteiger partial charge < -0.3 is 9.40 Å². The molecule has 0 atom stereocenters. The van der Waals surface area contributed by atoms with Crippen molar-refractivity contribution in [2.75, 3.05) is 0 Å². The lowest BCUT2D eigenvalue weighted by atomic mass is 10.2. The highest BCUT2D eigenvalue weighted by molar-refractivity contribution is 7.21. The van der Waals surface area contributed by atoms with E-state index in [9.17, 15) is 0 Å². The quantitative estimate of drug-likeness (QED) is 0.390. The summed E-state index contributed by atoms with van der Waals surface area (Å²) in [5.74, 6) is 2.23. The van der Waals surface area contributed by atoms with E-state index in [1.165, 1.54) is 0 Å². The summed E-state index contributed by atoms with van der Waals surface area (Å²) in [5.41, 5.74) is 4.85. The van der Waals surface area contributed by atoms with Crippen molar-refractivity contribution in [3.8, 4) is 33.5 Å². The Morgan fingerprint density at radius 3 is 2.59 bits per heavy atom. The molecule has 6 rings (SSSR count). The number of imidazole rings is 1. The first-order valence-electron chi connectivity index (χ1n) is 9.20. The number of aromatic nitrogens is 4. The summed E-state index contributed by atoms with van der Waals surface area (Å²) in [7, 11) is 0. The summed E-state index contributed by atoms with van der Waals surface area (Å²) < 4.78 is 7.13. The van der Waals surface area contributed by atoms with Gasteiger partial charge >= 0.3 is 0 Å². The number of aromatic amines is 1. The van der Waals surface area contributed by atoms with E-state index in [1.807, 2.05) is 66.9 Å². The number of nitrogens with zero attached hydrogens (tertiary/aromatic N) is 3. The van der Waals surface area contributed by atoms with E-state index in [1.54, 1.807) is 17.5 Å². The number of H-pyrrole nitrogens is 1. The highest BCUT2D eigenvalue weighted by Gasteiger charge is 2.15. The first-order chi connectivity index (χ1) is 14.3. The Labute approximate surface area is 169 Å². The van der Waals surface area contributed by atoms with Gasteiger partial charge in [0, 0.05) is 23.5 Å². The minimum absolute atomic E-state index is 0.706. The third kappa shape index (κ3) is 2.73. The lowest BCUT2D eigenvalue weighted by Crippen LogP contribution is -1.79. The predicted octanol–water partition coefficient (Wildman–Crippen LogP) is 6.16. The van der Waals surface area contributed by atoms with Gasteiger partial charge in [0.1, 0.15) is 10.8 Å². The smallest absolute Gasteiger partial charge is 0.174 e. The second kappa shape index (κ2) is 6.39. The summed E-state index contributed by atoms with van der Waals surface area (Å²) in [6, 6.07) is 22.0. The number of rotatable bonds is 3. The number of benzene rings is 2. The minimum atomic E-state index is 0.706. The van der Waals surface area contributed by atoms with E-state index in [4.69, 9.17) is 14.4 Å². The van der Waals surface area contributed by atoms with Crippen molar-refractivity contribution in [1.82, 2.24) is 19.9 Å². The number of para-hydroxylation sites is 1. The second-order valence-electron chi connectivity index (χ2n) is 6.68. The summed E-state index contributed by atoms with van der Waals surface area (Å²) in [6.45, 7) is 0. The van der Waals surface area contributed by atoms with Crippen LogP contribution in [0.2, 0.25) is 0 Å². The fourth-order valence-corrected chi connectivity index (χ4v) is 4.41. The zero-order valence-corrected chi connectivity index (χ0v) is 16.0. The van der Waals surface area contributed by atoms with Gasteiger partial charge in [0.15, 0.2) is 11.6 Å². The molecule has 0 saturated heterocycles. The third-order valence-corrected chi connectivity index (χ3v) is 5.88. The first kappa shape index (κ1) is 16.2. The van der Waals surface area contributed by atoms with Crippen LogP contribution in [0.1, 0.15) is 0 Å². The molecule has 0 spiro atoms. The molecule has 29 heavy (non-hydrogen) atoms. The molecule has 0 bridgehead atoms. The second-order valence-corrected chi connectivity index (χ2v) is 7.71. The van der Waals surface area contributed by atoms with Crippen LogP contribution >= 0.6 is 11.3 Å². The van der Waals surface area contributed by atoms with Gasteiger partial charge in [-0.2, -0.15) is 0 Å². The number of thiazole rings is 1. The Morgan fingerprint density at radius 2 is 1.69 bits per heavy atom. The Bertz CT molecular complexity index is 1430. The fourth-order valence-electron chi connectivity index (χ4n) is 3.44. The van der Waals surface area contributed by atoms with Crippen LogP contribution in [0.5, 0.6) is 0 Å². The first-order valence-corrected chi connectivity index (χ1v) is 10.0. The lowest BCUT2D eigenvalue weighted by molar-refractivity contribution is 0.593. The van der Waals surface area contributed by atoms with E-state index >= 15 is 0 Å².